The van der Waals surface area contributed by atoms with Gasteiger partial charge in [0.15, 0.2) is 0 Å². The highest BCUT2D eigenvalue weighted by atomic mass is 32.2. The number of hydrogen-bond acceptors (Lipinski definition) is 4. The first-order valence-corrected chi connectivity index (χ1v) is 7.39. The van der Waals surface area contributed by atoms with E-state index in [0.717, 1.165) is 11.8 Å². The fourth-order valence-electron chi connectivity index (χ4n) is 1.45. The van der Waals surface area contributed by atoms with Gasteiger partial charge in [-0.15, -0.1) is 11.8 Å². The molecule has 1 N–H and O–H groups in total. The van der Waals surface area contributed by atoms with Gasteiger partial charge in [0.25, 0.3) is 0 Å². The molecule has 0 saturated heterocycles. The van der Waals surface area contributed by atoms with Crippen LogP contribution in [0.25, 0.3) is 0 Å². The lowest BCUT2D eigenvalue weighted by Gasteiger charge is -2.13. The molecule has 0 aliphatic heterocycles. The minimum absolute atomic E-state index is 0.0726. The number of halogens is 2. The summed E-state index contributed by atoms with van der Waals surface area (Å²) in [6, 6.07) is 1.87. The minimum atomic E-state index is -0.859. The van der Waals surface area contributed by atoms with Crippen LogP contribution in [0.2, 0.25) is 0 Å². The maximum Gasteiger partial charge on any atom is 0.319 e. The molecule has 1 unspecified atom stereocenters. The first kappa shape index (κ1) is 17.4. The highest BCUT2D eigenvalue weighted by Crippen LogP contribution is 2.31. The number of benzene rings is 1. The highest BCUT2D eigenvalue weighted by molar-refractivity contribution is 8.00. The molecule has 0 heterocycles. The second kappa shape index (κ2) is 7.97. The summed E-state index contributed by atoms with van der Waals surface area (Å²) < 4.78 is 32.1. The Bertz CT molecular complexity index is 537. The van der Waals surface area contributed by atoms with E-state index in [9.17, 15) is 18.4 Å². The molecule has 1 aromatic rings. The van der Waals surface area contributed by atoms with E-state index in [1.54, 1.807) is 20.8 Å². The number of ether oxygens (including phenoxy) is 1. The van der Waals surface area contributed by atoms with E-state index in [0.29, 0.717) is 6.07 Å². The second-order valence-corrected chi connectivity index (χ2v) is 5.56. The number of nitrogens with one attached hydrogen (secondary N) is 1. The van der Waals surface area contributed by atoms with E-state index in [1.807, 2.05) is 0 Å². The normalized spacial score (nSPS) is 11.9. The van der Waals surface area contributed by atoms with Gasteiger partial charge in [0.2, 0.25) is 5.91 Å². The smallest absolute Gasteiger partial charge is 0.319 e. The maximum atomic E-state index is 13.7. The van der Waals surface area contributed by atoms with E-state index in [2.05, 4.69) is 5.32 Å². The summed E-state index contributed by atoms with van der Waals surface area (Å²) in [6.07, 6.45) is 0.179. The van der Waals surface area contributed by atoms with Crippen molar-refractivity contribution in [1.82, 2.24) is 0 Å². The van der Waals surface area contributed by atoms with Crippen LogP contribution in [0, 0.1) is 11.6 Å². The number of amides is 1. The van der Waals surface area contributed by atoms with Gasteiger partial charge in [-0.2, -0.15) is 0 Å². The number of thioether (sulfide) groups is 1. The van der Waals surface area contributed by atoms with Crippen LogP contribution in [-0.2, 0) is 14.3 Å². The molecule has 0 aliphatic carbocycles. The van der Waals surface area contributed by atoms with Crippen molar-refractivity contribution in [2.45, 2.75) is 37.3 Å². The highest BCUT2D eigenvalue weighted by Gasteiger charge is 2.19. The Labute approximate surface area is 126 Å². The fraction of sp³-hybridized carbons (Fsp3) is 0.429. The molecule has 7 heteroatoms. The third kappa shape index (κ3) is 5.00. The Morgan fingerprint density at radius 3 is 2.52 bits per heavy atom. The third-order valence-electron chi connectivity index (χ3n) is 2.54. The lowest BCUT2D eigenvalue weighted by molar-refractivity contribution is -0.142. The van der Waals surface area contributed by atoms with Crippen molar-refractivity contribution < 1.29 is 23.1 Å². The number of carbonyl (C=O) groups is 2. The van der Waals surface area contributed by atoms with Gasteiger partial charge in [0, 0.05) is 17.4 Å². The molecule has 0 bridgehead atoms. The van der Waals surface area contributed by atoms with E-state index < -0.39 is 22.9 Å². The minimum Gasteiger partial charge on any atom is -0.465 e. The largest absolute Gasteiger partial charge is 0.465 e. The quantitative estimate of drug-likeness (QED) is 0.646. The van der Waals surface area contributed by atoms with Crippen LogP contribution < -0.4 is 5.32 Å². The fourth-order valence-corrected chi connectivity index (χ4v) is 2.35. The average molecular weight is 317 g/mol. The molecule has 116 valence electrons. The SMILES string of the molecule is CCOC(=O)C(C)Sc1cc(NC(=O)CC)c(F)cc1F. The predicted molar refractivity (Wildman–Crippen MR) is 77.2 cm³/mol. The van der Waals surface area contributed by atoms with Crippen molar-refractivity contribution in [2.75, 3.05) is 11.9 Å². The summed E-state index contributed by atoms with van der Waals surface area (Å²) in [5.41, 5.74) is -0.109. The van der Waals surface area contributed by atoms with Gasteiger partial charge in [-0.05, 0) is 19.9 Å². The van der Waals surface area contributed by atoms with Crippen molar-refractivity contribution in [3.8, 4) is 0 Å². The van der Waals surface area contributed by atoms with Crippen LogP contribution >= 0.6 is 11.8 Å². The lowest BCUT2D eigenvalue weighted by atomic mass is 10.3. The standard InChI is InChI=1S/C14H17F2NO3S/c1-4-13(18)17-11-7-12(10(16)6-9(11)15)21-8(3)14(19)20-5-2/h6-8H,4-5H2,1-3H3,(H,17,18). The summed E-state index contributed by atoms with van der Waals surface area (Å²) >= 11 is 0.908. The molecule has 21 heavy (non-hydrogen) atoms. The number of anilines is 1. The van der Waals surface area contributed by atoms with Crippen molar-refractivity contribution in [1.29, 1.82) is 0 Å². The first-order valence-electron chi connectivity index (χ1n) is 6.51. The molecule has 0 saturated carbocycles. The zero-order chi connectivity index (χ0) is 16.0. The van der Waals surface area contributed by atoms with Gasteiger partial charge >= 0.3 is 5.97 Å². The van der Waals surface area contributed by atoms with Gasteiger partial charge in [-0.1, -0.05) is 6.92 Å². The molecule has 1 aromatic carbocycles. The molecule has 1 amide bonds. The molecule has 4 nitrogen and oxygen atoms in total. The molecule has 0 fully saturated rings. The summed E-state index contributed by atoms with van der Waals surface area (Å²) in [6.45, 7) is 5.09. The number of hydrogen-bond donors (Lipinski definition) is 1. The van der Waals surface area contributed by atoms with Crippen LogP contribution in [0.5, 0.6) is 0 Å². The van der Waals surface area contributed by atoms with Crippen molar-refractivity contribution >= 4 is 29.3 Å². The van der Waals surface area contributed by atoms with Crippen molar-refractivity contribution in [2.24, 2.45) is 0 Å². The van der Waals surface area contributed by atoms with E-state index in [1.165, 1.54) is 6.07 Å². The van der Waals surface area contributed by atoms with Gasteiger partial charge < -0.3 is 10.1 Å². The number of esters is 1. The van der Waals surface area contributed by atoms with Gasteiger partial charge in [-0.3, -0.25) is 9.59 Å². The van der Waals surface area contributed by atoms with Crippen molar-refractivity contribution in [3.63, 3.8) is 0 Å². The van der Waals surface area contributed by atoms with E-state index in [4.69, 9.17) is 4.74 Å². The Hall–Kier alpha value is -1.63. The van der Waals surface area contributed by atoms with E-state index in [-0.39, 0.29) is 29.5 Å². The molecule has 0 aliphatic rings. The maximum absolute atomic E-state index is 13.7. The zero-order valence-corrected chi connectivity index (χ0v) is 12.9. The molecular formula is C14H17F2NO3S. The number of rotatable bonds is 6. The summed E-state index contributed by atoms with van der Waals surface area (Å²) in [7, 11) is 0. The zero-order valence-electron chi connectivity index (χ0n) is 12.0. The van der Waals surface area contributed by atoms with Gasteiger partial charge in [0.1, 0.15) is 16.9 Å². The summed E-state index contributed by atoms with van der Waals surface area (Å²) in [5.74, 6) is -2.51. The second-order valence-electron chi connectivity index (χ2n) is 4.18. The molecule has 0 spiro atoms. The Morgan fingerprint density at radius 2 is 1.95 bits per heavy atom. The molecule has 0 aromatic heterocycles. The third-order valence-corrected chi connectivity index (χ3v) is 3.65. The Kier molecular flexibility index (Phi) is 6.61. The van der Waals surface area contributed by atoms with Gasteiger partial charge in [0.05, 0.1) is 12.3 Å². The molecule has 1 rings (SSSR count). The number of carbonyl (C=O) groups excluding carboxylic acids is 2. The van der Waals surface area contributed by atoms with Crippen LogP contribution in [-0.4, -0.2) is 23.7 Å². The Morgan fingerprint density at radius 1 is 1.29 bits per heavy atom. The lowest BCUT2D eigenvalue weighted by Crippen LogP contribution is -2.17. The summed E-state index contributed by atoms with van der Waals surface area (Å²) in [5, 5.41) is 1.71. The van der Waals surface area contributed by atoms with Gasteiger partial charge in [-0.25, -0.2) is 8.78 Å². The topological polar surface area (TPSA) is 55.4 Å². The van der Waals surface area contributed by atoms with E-state index >= 15 is 0 Å². The van der Waals surface area contributed by atoms with Crippen LogP contribution in [0.4, 0.5) is 14.5 Å². The predicted octanol–water partition coefficient (Wildman–Crippen LogP) is 3.36. The summed E-state index contributed by atoms with van der Waals surface area (Å²) in [4.78, 5) is 22.9. The average Bonchev–Trinajstić information content (AvgIpc) is 2.43. The monoisotopic (exact) mass is 317 g/mol. The Balaban J connectivity index is 2.94. The molecule has 1 atom stereocenters. The first-order chi connectivity index (χ1) is 9.88. The molecular weight excluding hydrogens is 300 g/mol. The van der Waals surface area contributed by atoms with Crippen LogP contribution in [0.15, 0.2) is 17.0 Å². The molecule has 0 radical (unpaired) electrons. The van der Waals surface area contributed by atoms with Crippen molar-refractivity contribution in [3.05, 3.63) is 23.8 Å². The van der Waals surface area contributed by atoms with Crippen LogP contribution in [0.1, 0.15) is 27.2 Å². The van der Waals surface area contributed by atoms with Crippen LogP contribution in [0.3, 0.4) is 0 Å².